The van der Waals surface area contributed by atoms with Crippen LogP contribution < -0.4 is 11.5 Å². The molecule has 2 aromatic heterocycles. The van der Waals surface area contributed by atoms with Crippen molar-refractivity contribution in [3.63, 3.8) is 0 Å². The largest absolute Gasteiger partial charge is 0.417 e. The number of aryl methyl sites for hydroxylation is 1. The Morgan fingerprint density at radius 1 is 1.06 bits per heavy atom. The summed E-state index contributed by atoms with van der Waals surface area (Å²) in [5.74, 6) is 0.355. The van der Waals surface area contributed by atoms with E-state index in [0.717, 1.165) is 32.1 Å². The highest BCUT2D eigenvalue weighted by Gasteiger charge is 2.34. The van der Waals surface area contributed by atoms with E-state index in [4.69, 9.17) is 11.5 Å². The molecule has 180 valence electrons. The van der Waals surface area contributed by atoms with E-state index in [1.807, 2.05) is 0 Å². The van der Waals surface area contributed by atoms with Crippen molar-refractivity contribution in [1.29, 1.82) is 0 Å². The van der Waals surface area contributed by atoms with E-state index in [1.54, 1.807) is 18.2 Å². The molecule has 7 nitrogen and oxygen atoms in total. The average Bonchev–Trinajstić information content (AvgIpc) is 2.81. The minimum Gasteiger partial charge on any atom is -0.383 e. The van der Waals surface area contributed by atoms with Crippen molar-refractivity contribution in [2.24, 2.45) is 10.7 Å². The van der Waals surface area contributed by atoms with E-state index in [2.05, 4.69) is 38.7 Å². The van der Waals surface area contributed by atoms with Gasteiger partial charge in [-0.1, -0.05) is 32.0 Å². The van der Waals surface area contributed by atoms with E-state index in [1.165, 1.54) is 24.4 Å². The van der Waals surface area contributed by atoms with Gasteiger partial charge >= 0.3 is 6.18 Å². The van der Waals surface area contributed by atoms with Crippen molar-refractivity contribution < 1.29 is 13.2 Å². The second kappa shape index (κ2) is 11.1. The fraction of sp³-hybridized carbons (Fsp3) is 0.333. The lowest BCUT2D eigenvalue weighted by Crippen LogP contribution is -2.24. The SMILES string of the molecule is CCN(CC)CCCc1cc(N=C(N)c2cccnc2N)nc(-c2ccccc2C(F)(F)F)n1. The molecule has 0 aliphatic carbocycles. The van der Waals surface area contributed by atoms with E-state index in [9.17, 15) is 13.2 Å². The highest BCUT2D eigenvalue weighted by atomic mass is 19.4. The molecule has 1 aromatic carbocycles. The first-order valence-corrected chi connectivity index (χ1v) is 11.0. The number of benzene rings is 1. The summed E-state index contributed by atoms with van der Waals surface area (Å²) < 4.78 is 41.0. The zero-order valence-electron chi connectivity index (χ0n) is 19.2. The number of amidine groups is 1. The van der Waals surface area contributed by atoms with E-state index >= 15 is 0 Å². The van der Waals surface area contributed by atoms with Crippen molar-refractivity contribution in [2.75, 3.05) is 25.4 Å². The molecule has 0 saturated carbocycles. The number of rotatable bonds is 9. The van der Waals surface area contributed by atoms with Gasteiger partial charge in [0.05, 0.1) is 11.1 Å². The molecular weight excluding hydrogens is 443 g/mol. The number of hydrogen-bond donors (Lipinski definition) is 2. The molecule has 34 heavy (non-hydrogen) atoms. The van der Waals surface area contributed by atoms with Gasteiger partial charge in [-0.05, 0) is 50.7 Å². The molecule has 0 unspecified atom stereocenters. The molecule has 0 aliphatic rings. The zero-order chi connectivity index (χ0) is 24.7. The van der Waals surface area contributed by atoms with E-state index < -0.39 is 11.7 Å². The fourth-order valence-electron chi connectivity index (χ4n) is 3.56. The third-order valence-electron chi connectivity index (χ3n) is 5.39. The van der Waals surface area contributed by atoms with Gasteiger partial charge in [-0.3, -0.25) is 0 Å². The Kier molecular flexibility index (Phi) is 8.17. The Balaban J connectivity index is 2.04. The number of alkyl halides is 3. The summed E-state index contributed by atoms with van der Waals surface area (Å²) in [5.41, 5.74) is 12.1. The van der Waals surface area contributed by atoms with Crippen molar-refractivity contribution in [2.45, 2.75) is 32.9 Å². The Hall–Kier alpha value is -3.53. The quantitative estimate of drug-likeness (QED) is 0.353. The van der Waals surface area contributed by atoms with Gasteiger partial charge in [0.15, 0.2) is 11.6 Å². The molecule has 0 bridgehead atoms. The van der Waals surface area contributed by atoms with Crippen LogP contribution in [-0.4, -0.2) is 45.3 Å². The van der Waals surface area contributed by atoms with Crippen molar-refractivity contribution >= 4 is 17.5 Å². The summed E-state index contributed by atoms with van der Waals surface area (Å²) in [5, 5.41) is 0. The molecule has 4 N–H and O–H groups in total. The van der Waals surface area contributed by atoms with E-state index in [0.29, 0.717) is 17.7 Å². The highest BCUT2D eigenvalue weighted by molar-refractivity contribution is 6.02. The number of nitrogens with zero attached hydrogens (tertiary/aromatic N) is 5. The normalized spacial score (nSPS) is 12.4. The Bertz CT molecular complexity index is 1140. The number of anilines is 1. The molecule has 0 spiro atoms. The van der Waals surface area contributed by atoms with Crippen molar-refractivity contribution in [3.8, 4) is 11.4 Å². The number of nitrogen functional groups attached to an aromatic ring is 1. The van der Waals surface area contributed by atoms with Gasteiger partial charge in [0, 0.05) is 23.5 Å². The number of nitrogens with two attached hydrogens (primary N) is 2. The Labute approximate surface area is 196 Å². The van der Waals surface area contributed by atoms with Crippen LogP contribution in [0.3, 0.4) is 0 Å². The third kappa shape index (κ3) is 6.28. The van der Waals surface area contributed by atoms with Gasteiger partial charge in [-0.2, -0.15) is 13.2 Å². The standard InChI is InChI=1S/C24H28F3N7/c1-3-34(4-2)14-8-9-16-15-20(32-22(29)18-11-7-13-30-21(18)28)33-23(31-16)17-10-5-6-12-19(17)24(25,26)27/h5-7,10-13,15H,3-4,8-9,14H2,1-2H3,(H2,28,30)(H2,29,31,32,33). The molecule has 0 saturated heterocycles. The lowest BCUT2D eigenvalue weighted by atomic mass is 10.1. The molecule has 0 radical (unpaired) electrons. The van der Waals surface area contributed by atoms with Crippen LogP contribution in [0.15, 0.2) is 53.7 Å². The Morgan fingerprint density at radius 2 is 1.79 bits per heavy atom. The number of hydrogen-bond acceptors (Lipinski definition) is 6. The topological polar surface area (TPSA) is 106 Å². The second-order valence-electron chi connectivity index (χ2n) is 7.65. The van der Waals surface area contributed by atoms with Gasteiger partial charge in [-0.25, -0.2) is 19.9 Å². The molecule has 0 amide bonds. The van der Waals surface area contributed by atoms with Crippen LogP contribution in [0.1, 0.15) is 37.1 Å². The van der Waals surface area contributed by atoms with Crippen molar-refractivity contribution in [1.82, 2.24) is 19.9 Å². The predicted molar refractivity (Wildman–Crippen MR) is 128 cm³/mol. The predicted octanol–water partition coefficient (Wildman–Crippen LogP) is 4.45. The molecule has 0 atom stereocenters. The number of aromatic nitrogens is 3. The van der Waals surface area contributed by atoms with Gasteiger partial charge in [0.25, 0.3) is 0 Å². The summed E-state index contributed by atoms with van der Waals surface area (Å²) in [6.07, 6.45) is -1.69. The van der Waals surface area contributed by atoms with E-state index in [-0.39, 0.29) is 28.9 Å². The number of halogens is 3. The summed E-state index contributed by atoms with van der Waals surface area (Å²) in [7, 11) is 0. The molecule has 2 heterocycles. The lowest BCUT2D eigenvalue weighted by Gasteiger charge is -2.17. The van der Waals surface area contributed by atoms with Crippen LogP contribution in [0.4, 0.5) is 24.8 Å². The lowest BCUT2D eigenvalue weighted by molar-refractivity contribution is -0.137. The van der Waals surface area contributed by atoms with Crippen LogP contribution in [0.5, 0.6) is 0 Å². The summed E-state index contributed by atoms with van der Waals surface area (Å²) >= 11 is 0. The second-order valence-corrected chi connectivity index (χ2v) is 7.65. The smallest absolute Gasteiger partial charge is 0.383 e. The van der Waals surface area contributed by atoms with Crippen molar-refractivity contribution in [3.05, 3.63) is 65.5 Å². The first-order valence-electron chi connectivity index (χ1n) is 11.0. The van der Waals surface area contributed by atoms with Crippen LogP contribution in [0.2, 0.25) is 0 Å². The number of pyridine rings is 1. The first kappa shape index (κ1) is 25.1. The molecule has 10 heteroatoms. The number of aliphatic imine (C=N–C) groups is 1. The molecule has 3 rings (SSSR count). The maximum Gasteiger partial charge on any atom is 0.417 e. The van der Waals surface area contributed by atoms with Gasteiger partial charge in [-0.15, -0.1) is 0 Å². The third-order valence-corrected chi connectivity index (χ3v) is 5.39. The first-order chi connectivity index (χ1) is 16.2. The van der Waals surface area contributed by atoms with Crippen LogP contribution in [0.25, 0.3) is 11.4 Å². The maximum absolute atomic E-state index is 13.7. The fourth-order valence-corrected chi connectivity index (χ4v) is 3.56. The average molecular weight is 472 g/mol. The zero-order valence-corrected chi connectivity index (χ0v) is 19.2. The summed E-state index contributed by atoms with van der Waals surface area (Å²) in [4.78, 5) is 19.3. The monoisotopic (exact) mass is 471 g/mol. The van der Waals surface area contributed by atoms with Crippen LogP contribution in [0, 0.1) is 0 Å². The molecule has 3 aromatic rings. The summed E-state index contributed by atoms with van der Waals surface area (Å²) in [6.45, 7) is 6.85. The maximum atomic E-state index is 13.7. The molecule has 0 aliphatic heterocycles. The van der Waals surface area contributed by atoms with Gasteiger partial charge < -0.3 is 16.4 Å². The molecule has 0 fully saturated rings. The Morgan fingerprint density at radius 3 is 2.47 bits per heavy atom. The summed E-state index contributed by atoms with van der Waals surface area (Å²) in [6, 6.07) is 10.2. The molecular formula is C24H28F3N7. The minimum atomic E-state index is -4.55. The van der Waals surface area contributed by atoms with Crippen LogP contribution >= 0.6 is 0 Å². The highest BCUT2D eigenvalue weighted by Crippen LogP contribution is 2.36. The minimum absolute atomic E-state index is 0.0565. The van der Waals surface area contributed by atoms with Gasteiger partial charge in [0.1, 0.15) is 11.7 Å². The van der Waals surface area contributed by atoms with Crippen LogP contribution in [-0.2, 0) is 12.6 Å². The van der Waals surface area contributed by atoms with Gasteiger partial charge in [0.2, 0.25) is 0 Å².